The summed E-state index contributed by atoms with van der Waals surface area (Å²) in [5.74, 6) is -9.14. The molecule has 0 aromatic heterocycles. The Hall–Kier alpha value is -2.08. The lowest BCUT2D eigenvalue weighted by Crippen LogP contribution is -2.47. The van der Waals surface area contributed by atoms with Gasteiger partial charge in [-0.25, -0.2) is 0 Å². The Morgan fingerprint density at radius 2 is 1.36 bits per heavy atom. The van der Waals surface area contributed by atoms with Crippen molar-refractivity contribution in [2.24, 2.45) is 11.8 Å². The highest BCUT2D eigenvalue weighted by Crippen LogP contribution is 2.42. The summed E-state index contributed by atoms with van der Waals surface area (Å²) in [5.41, 5.74) is 0. The van der Waals surface area contributed by atoms with E-state index in [0.29, 0.717) is 19.8 Å². The molecule has 0 bridgehead atoms. The molecule has 1 N–H and O–H groups in total. The van der Waals surface area contributed by atoms with Crippen LogP contribution in [-0.4, -0.2) is 87.7 Å². The summed E-state index contributed by atoms with van der Waals surface area (Å²) in [6.07, 6.45) is -24.3. The molecule has 0 saturated heterocycles. The molecule has 0 heterocycles. The van der Waals surface area contributed by atoms with E-state index in [1.165, 1.54) is 6.92 Å². The predicted molar refractivity (Wildman–Crippen MR) is 145 cm³/mol. The van der Waals surface area contributed by atoms with Gasteiger partial charge >= 0.3 is 36.4 Å². The van der Waals surface area contributed by atoms with Gasteiger partial charge in [-0.05, 0) is 31.2 Å². The second-order valence-corrected chi connectivity index (χ2v) is 18.3. The summed E-state index contributed by atoms with van der Waals surface area (Å²) < 4.78 is 135. The van der Waals surface area contributed by atoms with Crippen molar-refractivity contribution >= 4 is 26.0 Å². The van der Waals surface area contributed by atoms with E-state index in [-0.39, 0.29) is 24.5 Å². The van der Waals surface area contributed by atoms with E-state index >= 15 is 0 Å². The molecule has 8 nitrogen and oxygen atoms in total. The second kappa shape index (κ2) is 17.2. The average Bonchev–Trinajstić information content (AvgIpc) is 2.84. The fourth-order valence-electron chi connectivity index (χ4n) is 3.93. The van der Waals surface area contributed by atoms with E-state index < -0.39 is 94.3 Å². The highest BCUT2D eigenvalue weighted by atomic mass is 28.3. The van der Waals surface area contributed by atoms with Gasteiger partial charge in [-0.15, -0.1) is 0 Å². The maximum Gasteiger partial charge on any atom is 0.434 e. The van der Waals surface area contributed by atoms with Crippen molar-refractivity contribution in [2.45, 2.75) is 121 Å². The third-order valence-corrected chi connectivity index (χ3v) is 11.9. The number of halogens is 9. The first-order valence-electron chi connectivity index (χ1n) is 14.1. The largest absolute Gasteiger partial charge is 0.462 e. The van der Waals surface area contributed by atoms with Gasteiger partial charge in [-0.2, -0.15) is 39.5 Å². The van der Waals surface area contributed by atoms with Crippen molar-refractivity contribution in [1.29, 1.82) is 0 Å². The van der Waals surface area contributed by atoms with Crippen LogP contribution in [0.5, 0.6) is 0 Å². The van der Waals surface area contributed by atoms with E-state index in [1.807, 2.05) is 13.8 Å². The minimum atomic E-state index is -6.10. The number of hydrogen-bond donors (Lipinski definition) is 1. The van der Waals surface area contributed by atoms with Gasteiger partial charge < -0.3 is 24.1 Å². The van der Waals surface area contributed by atoms with Crippen molar-refractivity contribution in [3.05, 3.63) is 0 Å². The molecule has 0 rings (SSSR count). The molecule has 0 amide bonds. The summed E-state index contributed by atoms with van der Waals surface area (Å²) in [4.78, 5) is 37.9. The molecule has 45 heavy (non-hydrogen) atoms. The molecule has 0 saturated carbocycles. The number of rotatable bonds is 18. The monoisotopic (exact) mass is 694 g/mol. The minimum Gasteiger partial charge on any atom is -0.462 e. The van der Waals surface area contributed by atoms with Crippen molar-refractivity contribution in [3.8, 4) is 0 Å². The zero-order chi connectivity index (χ0) is 35.6. The minimum absolute atomic E-state index is 0.0762. The van der Waals surface area contributed by atoms with Gasteiger partial charge in [-0.1, -0.05) is 40.4 Å². The van der Waals surface area contributed by atoms with E-state index in [9.17, 15) is 53.9 Å². The van der Waals surface area contributed by atoms with Gasteiger partial charge in [0.15, 0.2) is 6.61 Å². The van der Waals surface area contributed by atoms with E-state index in [0.717, 1.165) is 0 Å². The molecule has 4 atom stereocenters. The van der Waals surface area contributed by atoms with Gasteiger partial charge in [0.2, 0.25) is 0 Å². The third-order valence-electron chi connectivity index (χ3n) is 7.60. The van der Waals surface area contributed by atoms with Crippen molar-refractivity contribution < 1.29 is 78.0 Å². The molecule has 0 fully saturated rings. The first-order chi connectivity index (χ1) is 20.1. The summed E-state index contributed by atoms with van der Waals surface area (Å²) in [7, 11) is -1.64. The van der Waals surface area contributed by atoms with Gasteiger partial charge in [0.25, 0.3) is 6.10 Å². The fraction of sp³-hybridized carbons (Fsp3) is 0.889. The molecule has 0 aliphatic rings. The van der Waals surface area contributed by atoms with E-state index in [1.54, 1.807) is 0 Å². The van der Waals surface area contributed by atoms with Gasteiger partial charge in [0, 0.05) is 20.9 Å². The lowest BCUT2D eigenvalue weighted by molar-refractivity contribution is -0.314. The quantitative estimate of drug-likeness (QED) is 0.0726. The van der Waals surface area contributed by atoms with Crippen molar-refractivity contribution in [2.75, 3.05) is 19.8 Å². The molecule has 0 spiro atoms. The van der Waals surface area contributed by atoms with Crippen molar-refractivity contribution in [1.82, 2.24) is 0 Å². The van der Waals surface area contributed by atoms with Crippen LogP contribution in [0.25, 0.3) is 0 Å². The molecular formula is C27H43F9O8Si. The number of carbonyl (C=O) groups excluding carboxylic acids is 3. The molecule has 0 aromatic rings. The molecular weight excluding hydrogens is 651 g/mol. The maximum atomic E-state index is 13.0. The highest BCUT2D eigenvalue weighted by molar-refractivity contribution is 6.79. The molecule has 0 aliphatic heterocycles. The number of esters is 3. The van der Waals surface area contributed by atoms with Crippen LogP contribution in [0, 0.1) is 11.8 Å². The number of aliphatic hydroxyl groups excluding tert-OH is 1. The van der Waals surface area contributed by atoms with Gasteiger partial charge in [0.05, 0.1) is 31.2 Å². The summed E-state index contributed by atoms with van der Waals surface area (Å²) in [5, 5.41) is 8.93. The van der Waals surface area contributed by atoms with Gasteiger partial charge in [-0.3, -0.25) is 14.4 Å². The molecule has 18 heteroatoms. The van der Waals surface area contributed by atoms with Crippen LogP contribution in [-0.2, 0) is 33.3 Å². The summed E-state index contributed by atoms with van der Waals surface area (Å²) in [6, 6.07) is 0. The molecule has 4 unspecified atom stereocenters. The molecule has 266 valence electrons. The number of carbonyl (C=O) groups is 3. The van der Waals surface area contributed by atoms with Crippen LogP contribution in [0.3, 0.4) is 0 Å². The standard InChI is InChI=1S/C27H43F9O8Si/c1-16(41-12-11-37)13-18(43-20(38)9-8-10-24(3,4)45(5,6)7)14-19(22(40)42-15-25(28,29)30)17(2)21(39)44-23(26(31,32)33)27(34,35)36/h16-19,23,37H,8-15H2,1-7H3. The van der Waals surface area contributed by atoms with Crippen LogP contribution in [0.4, 0.5) is 39.5 Å². The molecule has 0 aliphatic carbocycles. The van der Waals surface area contributed by atoms with Gasteiger partial charge in [0.1, 0.15) is 6.10 Å². The molecule has 0 radical (unpaired) electrons. The Morgan fingerprint density at radius 1 is 0.822 bits per heavy atom. The summed E-state index contributed by atoms with van der Waals surface area (Å²) in [6.45, 7) is 9.86. The van der Waals surface area contributed by atoms with Crippen LogP contribution < -0.4 is 0 Å². The topological polar surface area (TPSA) is 108 Å². The summed E-state index contributed by atoms with van der Waals surface area (Å²) >= 11 is 0. The Kier molecular flexibility index (Phi) is 16.4. The first-order valence-corrected chi connectivity index (χ1v) is 17.6. The molecule has 0 aromatic carbocycles. The number of ether oxygens (including phenoxy) is 4. The van der Waals surface area contributed by atoms with Crippen LogP contribution in [0.2, 0.25) is 24.7 Å². The Bertz CT molecular complexity index is 933. The SMILES string of the molecule is CC(CC(CC(C(=O)OCC(F)(F)F)C(C)C(=O)OC(C(F)(F)F)C(F)(F)F)OC(=O)CCCC(C)(C)[Si](C)(C)C)OCCO. The number of alkyl halides is 9. The third kappa shape index (κ3) is 16.3. The fourth-order valence-corrected chi connectivity index (χ4v) is 4.86. The van der Waals surface area contributed by atoms with Crippen LogP contribution >= 0.6 is 0 Å². The Morgan fingerprint density at radius 3 is 1.80 bits per heavy atom. The average molecular weight is 695 g/mol. The van der Waals surface area contributed by atoms with Crippen LogP contribution in [0.1, 0.15) is 59.8 Å². The predicted octanol–water partition coefficient (Wildman–Crippen LogP) is 6.76. The lowest BCUT2D eigenvalue weighted by Gasteiger charge is -2.37. The van der Waals surface area contributed by atoms with Crippen molar-refractivity contribution in [3.63, 3.8) is 0 Å². The zero-order valence-electron chi connectivity index (χ0n) is 26.3. The normalized spacial score (nSPS) is 16.1. The first kappa shape index (κ1) is 42.9. The van der Waals surface area contributed by atoms with Crippen LogP contribution in [0.15, 0.2) is 0 Å². The Labute approximate surface area is 257 Å². The number of hydrogen-bond acceptors (Lipinski definition) is 8. The maximum absolute atomic E-state index is 13.0. The second-order valence-electron chi connectivity index (χ2n) is 12.5. The zero-order valence-corrected chi connectivity index (χ0v) is 27.3. The lowest BCUT2D eigenvalue weighted by atomic mass is 9.87. The van der Waals surface area contributed by atoms with E-state index in [2.05, 4.69) is 29.1 Å². The highest BCUT2D eigenvalue weighted by Gasteiger charge is 2.60. The van der Waals surface area contributed by atoms with E-state index in [4.69, 9.17) is 14.6 Å². The number of aliphatic hydroxyl groups is 1. The smallest absolute Gasteiger partial charge is 0.434 e. The Balaban J connectivity index is 6.20.